The Balaban J connectivity index is 1.54. The molecule has 4 nitrogen and oxygen atoms in total. The van der Waals surface area contributed by atoms with Gasteiger partial charge in [-0.15, -0.1) is 11.3 Å². The number of thiazole rings is 1. The highest BCUT2D eigenvalue weighted by Crippen LogP contribution is 2.33. The number of hydrogen-bond donors (Lipinski definition) is 2. The zero-order valence-corrected chi connectivity index (χ0v) is 13.9. The van der Waals surface area contributed by atoms with Gasteiger partial charge in [-0.05, 0) is 24.1 Å². The number of nitrogens with one attached hydrogen (secondary N) is 1. The molecule has 0 bridgehead atoms. The molecule has 24 heavy (non-hydrogen) atoms. The lowest BCUT2D eigenvalue weighted by Gasteiger charge is -2.18. The fourth-order valence-electron chi connectivity index (χ4n) is 2.94. The van der Waals surface area contributed by atoms with Crippen LogP contribution in [0.1, 0.15) is 10.6 Å². The van der Waals surface area contributed by atoms with Crippen LogP contribution in [-0.4, -0.2) is 33.9 Å². The normalized spacial score (nSPS) is 14.8. The van der Waals surface area contributed by atoms with Gasteiger partial charge in [0.1, 0.15) is 16.6 Å². The SMILES string of the molecule is N=C1C(c2nc3ccccc3s2)=C(O)CN1CCc1ccccc1. The summed E-state index contributed by atoms with van der Waals surface area (Å²) < 4.78 is 1.07. The summed E-state index contributed by atoms with van der Waals surface area (Å²) in [6, 6.07) is 18.1. The molecule has 1 aliphatic heterocycles. The van der Waals surface area contributed by atoms with E-state index in [0.717, 1.165) is 21.6 Å². The first-order chi connectivity index (χ1) is 11.7. The molecule has 0 unspecified atom stereocenters. The van der Waals surface area contributed by atoms with E-state index in [2.05, 4.69) is 17.1 Å². The van der Waals surface area contributed by atoms with Crippen molar-refractivity contribution in [1.82, 2.24) is 9.88 Å². The van der Waals surface area contributed by atoms with Crippen molar-refractivity contribution in [2.75, 3.05) is 13.1 Å². The van der Waals surface area contributed by atoms with Crippen LogP contribution in [0.15, 0.2) is 60.4 Å². The number of hydrogen-bond acceptors (Lipinski definition) is 4. The zero-order valence-electron chi connectivity index (χ0n) is 13.1. The van der Waals surface area contributed by atoms with Gasteiger partial charge in [-0.3, -0.25) is 5.41 Å². The summed E-state index contributed by atoms with van der Waals surface area (Å²) in [5.74, 6) is 0.606. The van der Waals surface area contributed by atoms with Crippen molar-refractivity contribution in [2.24, 2.45) is 0 Å². The third-order valence-electron chi connectivity index (χ3n) is 4.20. The second-order valence-electron chi connectivity index (χ2n) is 5.81. The number of nitrogens with zero attached hydrogens (tertiary/aromatic N) is 2. The van der Waals surface area contributed by atoms with Crippen molar-refractivity contribution in [3.05, 3.63) is 70.9 Å². The van der Waals surface area contributed by atoms with Crippen LogP contribution in [-0.2, 0) is 6.42 Å². The van der Waals surface area contributed by atoms with Crippen LogP contribution in [0, 0.1) is 5.41 Å². The van der Waals surface area contributed by atoms with Crippen molar-refractivity contribution < 1.29 is 5.11 Å². The number of aromatic nitrogens is 1. The molecule has 120 valence electrons. The van der Waals surface area contributed by atoms with Gasteiger partial charge in [-0.25, -0.2) is 4.98 Å². The van der Waals surface area contributed by atoms with Gasteiger partial charge in [0, 0.05) is 6.54 Å². The largest absolute Gasteiger partial charge is 0.510 e. The van der Waals surface area contributed by atoms with E-state index in [4.69, 9.17) is 5.41 Å². The predicted octanol–water partition coefficient (Wildman–Crippen LogP) is 4.10. The molecule has 0 saturated carbocycles. The van der Waals surface area contributed by atoms with Gasteiger partial charge < -0.3 is 10.0 Å². The third-order valence-corrected chi connectivity index (χ3v) is 5.26. The minimum atomic E-state index is 0.243. The monoisotopic (exact) mass is 335 g/mol. The quantitative estimate of drug-likeness (QED) is 0.754. The Bertz CT molecular complexity index is 897. The van der Waals surface area contributed by atoms with E-state index in [1.165, 1.54) is 16.9 Å². The molecule has 0 fully saturated rings. The maximum Gasteiger partial charge on any atom is 0.135 e. The van der Waals surface area contributed by atoms with E-state index in [1.54, 1.807) is 0 Å². The van der Waals surface area contributed by atoms with Gasteiger partial charge in [0.2, 0.25) is 0 Å². The van der Waals surface area contributed by atoms with E-state index in [1.807, 2.05) is 47.4 Å². The van der Waals surface area contributed by atoms with Crippen LogP contribution in [0.25, 0.3) is 15.8 Å². The second kappa shape index (κ2) is 6.09. The molecule has 2 heterocycles. The van der Waals surface area contributed by atoms with Crippen molar-refractivity contribution in [2.45, 2.75) is 6.42 Å². The van der Waals surface area contributed by atoms with Gasteiger partial charge in [-0.2, -0.15) is 0 Å². The van der Waals surface area contributed by atoms with Crippen LogP contribution in [0.4, 0.5) is 0 Å². The predicted molar refractivity (Wildman–Crippen MR) is 98.6 cm³/mol. The number of aliphatic hydroxyl groups is 1. The number of benzene rings is 2. The molecule has 2 N–H and O–H groups in total. The van der Waals surface area contributed by atoms with E-state index in [-0.39, 0.29) is 5.76 Å². The molecule has 1 aromatic heterocycles. The number of rotatable bonds is 4. The highest BCUT2D eigenvalue weighted by molar-refractivity contribution is 7.19. The fourth-order valence-corrected chi connectivity index (χ4v) is 3.97. The molecule has 1 aliphatic rings. The molecule has 0 aliphatic carbocycles. The van der Waals surface area contributed by atoms with Crippen LogP contribution in [0.2, 0.25) is 0 Å². The van der Waals surface area contributed by atoms with Crippen LogP contribution in [0.5, 0.6) is 0 Å². The van der Waals surface area contributed by atoms with Crippen molar-refractivity contribution in [3.63, 3.8) is 0 Å². The third kappa shape index (κ3) is 2.67. The lowest BCUT2D eigenvalue weighted by atomic mass is 10.1. The van der Waals surface area contributed by atoms with Crippen LogP contribution >= 0.6 is 11.3 Å². The van der Waals surface area contributed by atoms with E-state index < -0.39 is 0 Å². The molecule has 0 saturated heterocycles. The Morgan fingerprint density at radius 2 is 1.83 bits per heavy atom. The first-order valence-corrected chi connectivity index (χ1v) is 8.70. The van der Waals surface area contributed by atoms with E-state index in [0.29, 0.717) is 24.5 Å². The Morgan fingerprint density at radius 1 is 1.08 bits per heavy atom. The minimum absolute atomic E-state index is 0.243. The average Bonchev–Trinajstić information content (AvgIpc) is 3.14. The Labute approximate surface area is 144 Å². The lowest BCUT2D eigenvalue weighted by molar-refractivity contribution is 0.351. The summed E-state index contributed by atoms with van der Waals surface area (Å²) in [5.41, 5.74) is 2.72. The maximum absolute atomic E-state index is 10.4. The highest BCUT2D eigenvalue weighted by atomic mass is 32.1. The summed E-state index contributed by atoms with van der Waals surface area (Å²) in [7, 11) is 0. The van der Waals surface area contributed by atoms with E-state index in [9.17, 15) is 5.11 Å². The lowest BCUT2D eigenvalue weighted by Crippen LogP contribution is -2.28. The number of fused-ring (bicyclic) bond motifs is 1. The molecule has 0 atom stereocenters. The smallest absolute Gasteiger partial charge is 0.135 e. The van der Waals surface area contributed by atoms with Gasteiger partial charge in [0.15, 0.2) is 0 Å². The number of aliphatic hydroxyl groups excluding tert-OH is 1. The molecular formula is C19H17N3OS. The summed E-state index contributed by atoms with van der Waals surface area (Å²) in [5, 5.41) is 19.5. The van der Waals surface area contributed by atoms with Gasteiger partial charge >= 0.3 is 0 Å². The molecule has 0 amide bonds. The molecule has 0 spiro atoms. The fraction of sp³-hybridized carbons (Fsp3) is 0.158. The number of amidine groups is 1. The van der Waals surface area contributed by atoms with Crippen molar-refractivity contribution in [1.29, 1.82) is 5.41 Å². The van der Waals surface area contributed by atoms with Gasteiger partial charge in [-0.1, -0.05) is 42.5 Å². The zero-order chi connectivity index (χ0) is 16.5. The molecule has 4 rings (SSSR count). The minimum Gasteiger partial charge on any atom is -0.510 e. The Hall–Kier alpha value is -2.66. The summed E-state index contributed by atoms with van der Waals surface area (Å²) in [4.78, 5) is 6.49. The number of para-hydroxylation sites is 1. The summed E-state index contributed by atoms with van der Waals surface area (Å²) >= 11 is 1.52. The summed E-state index contributed by atoms with van der Waals surface area (Å²) in [6.45, 7) is 1.10. The van der Waals surface area contributed by atoms with Gasteiger partial charge in [0.05, 0.1) is 22.3 Å². The van der Waals surface area contributed by atoms with Crippen molar-refractivity contribution in [3.8, 4) is 0 Å². The second-order valence-corrected chi connectivity index (χ2v) is 6.84. The van der Waals surface area contributed by atoms with Crippen molar-refractivity contribution >= 4 is 33.0 Å². The molecule has 3 aromatic rings. The molecular weight excluding hydrogens is 318 g/mol. The highest BCUT2D eigenvalue weighted by Gasteiger charge is 2.30. The standard InChI is InChI=1S/C19H17N3OS/c20-18-17(19-21-14-8-4-5-9-16(14)24-19)15(23)12-22(18)11-10-13-6-2-1-3-7-13/h1-9,20,23H,10-12H2. The molecule has 0 radical (unpaired) electrons. The average molecular weight is 335 g/mol. The molecule has 2 aromatic carbocycles. The molecule has 5 heteroatoms. The van der Waals surface area contributed by atoms with Gasteiger partial charge in [0.25, 0.3) is 0 Å². The first kappa shape index (κ1) is 14.9. The maximum atomic E-state index is 10.4. The Kier molecular flexibility index (Phi) is 3.78. The Morgan fingerprint density at radius 3 is 2.62 bits per heavy atom. The van der Waals surface area contributed by atoms with E-state index >= 15 is 0 Å². The topological polar surface area (TPSA) is 60.2 Å². The van der Waals surface area contributed by atoms with Crippen LogP contribution in [0.3, 0.4) is 0 Å². The summed E-state index contributed by atoms with van der Waals surface area (Å²) in [6.07, 6.45) is 0.851. The van der Waals surface area contributed by atoms with Crippen LogP contribution < -0.4 is 0 Å². The first-order valence-electron chi connectivity index (χ1n) is 7.88.